The fourth-order valence-electron chi connectivity index (χ4n) is 3.60. The van der Waals surface area contributed by atoms with Crippen molar-refractivity contribution in [1.29, 1.82) is 0 Å². The Balaban J connectivity index is 1.62. The second kappa shape index (κ2) is 9.00. The molecule has 0 spiro atoms. The Morgan fingerprint density at radius 2 is 2.00 bits per heavy atom. The van der Waals surface area contributed by atoms with Gasteiger partial charge in [0.1, 0.15) is 0 Å². The zero-order valence-electron chi connectivity index (χ0n) is 16.4. The van der Waals surface area contributed by atoms with Crippen molar-refractivity contribution in [1.82, 2.24) is 5.43 Å². The Kier molecular flexibility index (Phi) is 6.45. The first-order valence-electron chi connectivity index (χ1n) is 9.62. The lowest BCUT2D eigenvalue weighted by molar-refractivity contribution is 0.681. The minimum atomic E-state index is 0.496. The molecular weight excluding hydrogens is 352 g/mol. The molecule has 0 atom stereocenters. The van der Waals surface area contributed by atoms with Crippen LogP contribution in [0.1, 0.15) is 42.0 Å². The summed E-state index contributed by atoms with van der Waals surface area (Å²) >= 11 is 5.37. The van der Waals surface area contributed by atoms with Gasteiger partial charge in [-0.25, -0.2) is 0 Å². The number of anilines is 2. The molecule has 2 N–H and O–H groups in total. The van der Waals surface area contributed by atoms with Crippen molar-refractivity contribution in [3.8, 4) is 0 Å². The maximum Gasteiger partial charge on any atom is 0.191 e. The second-order valence-electron chi connectivity index (χ2n) is 7.07. The molecule has 0 bridgehead atoms. The molecule has 0 aromatic heterocycles. The molecule has 4 nitrogen and oxygen atoms in total. The second-order valence-corrected chi connectivity index (χ2v) is 7.48. The first kappa shape index (κ1) is 19.4. The predicted octanol–water partition coefficient (Wildman–Crippen LogP) is 4.79. The smallest absolute Gasteiger partial charge is 0.191 e. The lowest BCUT2D eigenvalue weighted by Crippen LogP contribution is -2.30. The van der Waals surface area contributed by atoms with Gasteiger partial charge in [-0.15, -0.1) is 0 Å². The zero-order chi connectivity index (χ0) is 19.2. The SMILES string of the molecule is CCCN1CCCc2cc(/C=N\NC(=S)Nc3c(C)cccc3C)ccc21. The molecule has 3 rings (SSSR count). The molecule has 142 valence electrons. The molecule has 1 heterocycles. The molecule has 0 amide bonds. The fourth-order valence-corrected chi connectivity index (χ4v) is 3.75. The fraction of sp³-hybridized carbons (Fsp3) is 0.364. The van der Waals surface area contributed by atoms with Crippen molar-refractivity contribution in [2.45, 2.75) is 40.0 Å². The third kappa shape index (κ3) is 4.86. The van der Waals surface area contributed by atoms with Crippen LogP contribution < -0.4 is 15.6 Å². The van der Waals surface area contributed by atoms with Crippen LogP contribution in [-0.2, 0) is 6.42 Å². The van der Waals surface area contributed by atoms with E-state index in [1.165, 1.54) is 24.1 Å². The third-order valence-corrected chi connectivity index (χ3v) is 5.10. The van der Waals surface area contributed by atoms with Crippen LogP contribution in [0.15, 0.2) is 41.5 Å². The highest BCUT2D eigenvalue weighted by Crippen LogP contribution is 2.27. The minimum absolute atomic E-state index is 0.496. The van der Waals surface area contributed by atoms with Gasteiger partial charge in [-0.3, -0.25) is 5.43 Å². The summed E-state index contributed by atoms with van der Waals surface area (Å²) in [4.78, 5) is 2.49. The lowest BCUT2D eigenvalue weighted by Gasteiger charge is -2.31. The molecule has 0 unspecified atom stereocenters. The van der Waals surface area contributed by atoms with E-state index in [-0.39, 0.29) is 0 Å². The van der Waals surface area contributed by atoms with Crippen molar-refractivity contribution in [3.63, 3.8) is 0 Å². The number of hydrogen-bond donors (Lipinski definition) is 2. The molecule has 2 aromatic rings. The molecule has 0 fully saturated rings. The van der Waals surface area contributed by atoms with E-state index in [1.54, 1.807) is 0 Å². The summed E-state index contributed by atoms with van der Waals surface area (Å²) in [6.07, 6.45) is 5.36. The van der Waals surface area contributed by atoms with E-state index in [1.807, 2.05) is 12.3 Å². The van der Waals surface area contributed by atoms with Crippen LogP contribution in [0.25, 0.3) is 0 Å². The van der Waals surface area contributed by atoms with Gasteiger partial charge in [-0.2, -0.15) is 5.10 Å². The molecule has 2 aromatic carbocycles. The molecular formula is C22H28N4S. The quantitative estimate of drug-likeness (QED) is 0.445. The number of benzene rings is 2. The topological polar surface area (TPSA) is 39.7 Å². The lowest BCUT2D eigenvalue weighted by atomic mass is 9.99. The number of thiocarbonyl (C=S) groups is 1. The van der Waals surface area contributed by atoms with Crippen LogP contribution in [0.5, 0.6) is 0 Å². The maximum atomic E-state index is 5.37. The summed E-state index contributed by atoms with van der Waals surface area (Å²) in [5.74, 6) is 0. The van der Waals surface area contributed by atoms with Gasteiger partial charge in [0.2, 0.25) is 0 Å². The van der Waals surface area contributed by atoms with Gasteiger partial charge in [0.05, 0.1) is 6.21 Å². The van der Waals surface area contributed by atoms with Crippen LogP contribution in [-0.4, -0.2) is 24.4 Å². The highest BCUT2D eigenvalue weighted by atomic mass is 32.1. The normalized spacial score (nSPS) is 13.5. The average Bonchev–Trinajstić information content (AvgIpc) is 2.65. The molecule has 0 saturated heterocycles. The van der Waals surface area contributed by atoms with Crippen molar-refractivity contribution in [3.05, 3.63) is 58.7 Å². The Bertz CT molecular complexity index is 824. The number of rotatable bonds is 5. The molecule has 1 aliphatic rings. The van der Waals surface area contributed by atoms with Crippen molar-refractivity contribution in [2.75, 3.05) is 23.3 Å². The van der Waals surface area contributed by atoms with Crippen LogP contribution in [0.2, 0.25) is 0 Å². The Labute approximate surface area is 167 Å². The van der Waals surface area contributed by atoms with Crippen LogP contribution in [0.3, 0.4) is 0 Å². The van der Waals surface area contributed by atoms with Gasteiger partial charge in [-0.1, -0.05) is 31.2 Å². The van der Waals surface area contributed by atoms with Gasteiger partial charge in [0, 0.05) is 24.5 Å². The molecule has 5 heteroatoms. The van der Waals surface area contributed by atoms with Gasteiger partial charge in [-0.05, 0) is 79.7 Å². The summed E-state index contributed by atoms with van der Waals surface area (Å²) in [5, 5.41) is 8.04. The monoisotopic (exact) mass is 380 g/mol. The van der Waals surface area contributed by atoms with E-state index in [9.17, 15) is 0 Å². The molecule has 0 radical (unpaired) electrons. The average molecular weight is 381 g/mol. The summed E-state index contributed by atoms with van der Waals surface area (Å²) < 4.78 is 0. The number of nitrogens with one attached hydrogen (secondary N) is 2. The number of hydrazone groups is 1. The van der Waals surface area contributed by atoms with Crippen molar-refractivity contribution in [2.24, 2.45) is 5.10 Å². The third-order valence-electron chi connectivity index (χ3n) is 4.91. The van der Waals surface area contributed by atoms with Gasteiger partial charge >= 0.3 is 0 Å². The van der Waals surface area contributed by atoms with E-state index in [4.69, 9.17) is 12.2 Å². The van der Waals surface area contributed by atoms with Crippen LogP contribution >= 0.6 is 12.2 Å². The van der Waals surface area contributed by atoms with Crippen molar-refractivity contribution < 1.29 is 0 Å². The predicted molar refractivity (Wildman–Crippen MR) is 120 cm³/mol. The maximum absolute atomic E-state index is 5.37. The summed E-state index contributed by atoms with van der Waals surface area (Å²) in [5.41, 5.74) is 10.2. The van der Waals surface area contributed by atoms with Crippen molar-refractivity contribution >= 4 is 34.9 Å². The van der Waals surface area contributed by atoms with Crippen LogP contribution in [0.4, 0.5) is 11.4 Å². The highest BCUT2D eigenvalue weighted by Gasteiger charge is 2.15. The van der Waals surface area contributed by atoms with Gasteiger partial charge in [0.15, 0.2) is 5.11 Å². The molecule has 1 aliphatic heterocycles. The number of hydrogen-bond acceptors (Lipinski definition) is 3. The van der Waals surface area contributed by atoms with E-state index >= 15 is 0 Å². The number of nitrogens with zero attached hydrogens (tertiary/aromatic N) is 2. The van der Waals surface area contributed by atoms with Gasteiger partial charge < -0.3 is 10.2 Å². The van der Waals surface area contributed by atoms with Gasteiger partial charge in [0.25, 0.3) is 0 Å². The summed E-state index contributed by atoms with van der Waals surface area (Å²) in [6.45, 7) is 8.65. The van der Waals surface area contributed by atoms with E-state index in [2.05, 4.69) is 71.8 Å². The zero-order valence-corrected chi connectivity index (χ0v) is 17.2. The summed E-state index contributed by atoms with van der Waals surface area (Å²) in [7, 11) is 0. The molecule has 0 aliphatic carbocycles. The van der Waals surface area contributed by atoms with E-state index in [0.29, 0.717) is 5.11 Å². The first-order chi connectivity index (χ1) is 13.1. The summed E-state index contributed by atoms with van der Waals surface area (Å²) in [6, 6.07) is 12.8. The van der Waals surface area contributed by atoms with E-state index in [0.717, 1.165) is 41.9 Å². The molecule has 27 heavy (non-hydrogen) atoms. The highest BCUT2D eigenvalue weighted by molar-refractivity contribution is 7.80. The van der Waals surface area contributed by atoms with Crippen LogP contribution in [0, 0.1) is 13.8 Å². The standard InChI is InChI=1S/C22H28N4S/c1-4-12-26-13-6-9-19-14-18(10-11-20(19)26)15-23-25-22(27)24-21-16(2)7-5-8-17(21)3/h5,7-8,10-11,14-15H,4,6,9,12-13H2,1-3H3,(H2,24,25,27)/b23-15-. The number of fused-ring (bicyclic) bond motifs is 1. The Morgan fingerprint density at radius 3 is 2.74 bits per heavy atom. The molecule has 0 saturated carbocycles. The first-order valence-corrected chi connectivity index (χ1v) is 10.0. The number of para-hydroxylation sites is 1. The minimum Gasteiger partial charge on any atom is -0.371 e. The Hall–Kier alpha value is -2.40. The Morgan fingerprint density at radius 1 is 1.22 bits per heavy atom. The van der Waals surface area contributed by atoms with E-state index < -0.39 is 0 Å². The largest absolute Gasteiger partial charge is 0.371 e. The number of aryl methyl sites for hydroxylation is 3.